The van der Waals surface area contributed by atoms with Gasteiger partial charge in [0.1, 0.15) is 4.33 Å². The monoisotopic (exact) mass is 423 g/mol. The molecule has 0 spiro atoms. The number of carbonyl (C=O) groups is 2. The molecule has 0 aliphatic carbocycles. The summed E-state index contributed by atoms with van der Waals surface area (Å²) in [5, 5.41) is 14.6. The molecular weight excluding hydrogens is 409 g/mol. The highest BCUT2D eigenvalue weighted by atomic mass is 35.5. The van der Waals surface area contributed by atoms with Gasteiger partial charge >= 0.3 is 0 Å². The molecule has 0 aromatic heterocycles. The quantitative estimate of drug-likeness (QED) is 0.639. The van der Waals surface area contributed by atoms with Gasteiger partial charge in [-0.2, -0.15) is 5.26 Å². The highest BCUT2D eigenvalue weighted by molar-refractivity contribution is 6.49. The fourth-order valence-corrected chi connectivity index (χ4v) is 2.77. The summed E-state index contributed by atoms with van der Waals surface area (Å²) in [6.45, 7) is 3.26. The first kappa shape index (κ1) is 21.0. The van der Waals surface area contributed by atoms with Crippen LogP contribution in [0.4, 0.5) is 11.4 Å². The Balaban J connectivity index is 2.18. The van der Waals surface area contributed by atoms with Crippen LogP contribution in [0.25, 0.3) is 0 Å². The number of nitriles is 1. The lowest BCUT2D eigenvalue weighted by Gasteiger charge is -2.14. The average Bonchev–Trinajstić information content (AvgIpc) is 2.55. The van der Waals surface area contributed by atoms with Crippen LogP contribution in [0.2, 0.25) is 5.02 Å². The van der Waals surface area contributed by atoms with E-state index in [9.17, 15) is 9.59 Å². The number of anilines is 2. The van der Waals surface area contributed by atoms with Crippen molar-refractivity contribution in [3.8, 4) is 6.07 Å². The maximum absolute atomic E-state index is 12.5. The van der Waals surface area contributed by atoms with Gasteiger partial charge < -0.3 is 10.6 Å². The first-order chi connectivity index (χ1) is 12.6. The number of nitrogens with zero attached hydrogens (tertiary/aromatic N) is 1. The molecule has 2 amide bonds. The molecule has 27 heavy (non-hydrogen) atoms. The summed E-state index contributed by atoms with van der Waals surface area (Å²) >= 11 is 17.8. The van der Waals surface area contributed by atoms with Crippen LogP contribution >= 0.6 is 34.8 Å². The van der Waals surface area contributed by atoms with Gasteiger partial charge in [0.2, 0.25) is 5.91 Å². The maximum Gasteiger partial charge on any atom is 0.255 e. The van der Waals surface area contributed by atoms with Gasteiger partial charge in [0.25, 0.3) is 5.91 Å². The van der Waals surface area contributed by atoms with Crippen molar-refractivity contribution in [2.24, 2.45) is 0 Å². The van der Waals surface area contributed by atoms with Crippen molar-refractivity contribution in [3.63, 3.8) is 0 Å². The Morgan fingerprint density at radius 2 is 1.85 bits per heavy atom. The molecule has 140 valence electrons. The van der Waals surface area contributed by atoms with Crippen LogP contribution in [0.5, 0.6) is 0 Å². The van der Waals surface area contributed by atoms with Gasteiger partial charge in [0, 0.05) is 11.3 Å². The van der Waals surface area contributed by atoms with Crippen LogP contribution in [0.3, 0.4) is 0 Å². The van der Waals surface area contributed by atoms with E-state index in [0.29, 0.717) is 33.1 Å². The van der Waals surface area contributed by atoms with Crippen LogP contribution in [-0.4, -0.2) is 16.1 Å². The third-order valence-electron chi connectivity index (χ3n) is 3.57. The second kappa shape index (κ2) is 8.62. The normalized spacial score (nSPS) is 10.8. The lowest BCUT2D eigenvalue weighted by atomic mass is 10.0. The minimum absolute atomic E-state index is 0.0924. The number of halogens is 3. The van der Waals surface area contributed by atoms with Gasteiger partial charge in [-0.1, -0.05) is 11.6 Å². The number of carbonyl (C=O) groups excluding carboxylic acids is 2. The topological polar surface area (TPSA) is 82.0 Å². The van der Waals surface area contributed by atoms with E-state index in [1.165, 1.54) is 13.0 Å². The number of rotatable bonds is 5. The van der Waals surface area contributed by atoms with Crippen molar-refractivity contribution in [1.82, 2.24) is 0 Å². The first-order valence-corrected chi connectivity index (χ1v) is 9.02. The standard InChI is InChI=1S/C19H16Cl3N3O2/c1-11-7-12(10-23)3-5-14(11)18(27)25-16-8-13(4-6-15(16)20)24-17(26)9-19(2,21)22/h3-8H,9H2,1-2H3,(H,24,26)(H,25,27). The number of amides is 2. The van der Waals surface area contributed by atoms with Gasteiger partial charge in [-0.15, -0.1) is 23.2 Å². The number of nitrogens with one attached hydrogen (secondary N) is 2. The highest BCUT2D eigenvalue weighted by Gasteiger charge is 2.21. The molecule has 2 aromatic rings. The maximum atomic E-state index is 12.5. The molecule has 5 nitrogen and oxygen atoms in total. The average molecular weight is 425 g/mol. The lowest BCUT2D eigenvalue weighted by molar-refractivity contribution is -0.116. The van der Waals surface area contributed by atoms with Crippen LogP contribution in [-0.2, 0) is 4.79 Å². The Hall–Kier alpha value is -2.26. The molecule has 2 rings (SSSR count). The predicted molar refractivity (Wildman–Crippen MR) is 109 cm³/mol. The summed E-state index contributed by atoms with van der Waals surface area (Å²) in [5.41, 5.74) is 2.32. The van der Waals surface area contributed by atoms with Crippen LogP contribution in [0, 0.1) is 18.3 Å². The molecule has 0 bridgehead atoms. The van der Waals surface area contributed by atoms with Crippen molar-refractivity contribution in [2.75, 3.05) is 10.6 Å². The van der Waals surface area contributed by atoms with Gasteiger partial charge in [-0.3, -0.25) is 9.59 Å². The smallest absolute Gasteiger partial charge is 0.255 e. The largest absolute Gasteiger partial charge is 0.326 e. The van der Waals surface area contributed by atoms with Crippen LogP contribution in [0.15, 0.2) is 36.4 Å². The van der Waals surface area contributed by atoms with Crippen LogP contribution < -0.4 is 10.6 Å². The second-order valence-electron chi connectivity index (χ2n) is 6.09. The highest BCUT2D eigenvalue weighted by Crippen LogP contribution is 2.28. The summed E-state index contributed by atoms with van der Waals surface area (Å²) in [5.74, 6) is -0.749. The molecule has 0 saturated carbocycles. The third kappa shape index (κ3) is 6.14. The Morgan fingerprint density at radius 3 is 2.44 bits per heavy atom. The molecule has 0 aliphatic heterocycles. The van der Waals surface area contributed by atoms with Gasteiger partial charge in [-0.05, 0) is 55.8 Å². The molecule has 0 aliphatic rings. The Morgan fingerprint density at radius 1 is 1.15 bits per heavy atom. The van der Waals surface area contributed by atoms with E-state index in [4.69, 9.17) is 40.1 Å². The molecule has 0 heterocycles. The zero-order valence-corrected chi connectivity index (χ0v) is 16.8. The van der Waals surface area contributed by atoms with Crippen molar-refractivity contribution >= 4 is 58.0 Å². The van der Waals surface area contributed by atoms with E-state index in [1.807, 2.05) is 6.07 Å². The summed E-state index contributed by atoms with van der Waals surface area (Å²) < 4.78 is -1.18. The Labute approximate surface area is 172 Å². The van der Waals surface area contributed by atoms with E-state index >= 15 is 0 Å². The fourth-order valence-electron chi connectivity index (χ4n) is 2.36. The van der Waals surface area contributed by atoms with E-state index in [2.05, 4.69) is 10.6 Å². The van der Waals surface area contributed by atoms with E-state index in [0.717, 1.165) is 0 Å². The molecular formula is C19H16Cl3N3O2. The molecule has 2 aromatic carbocycles. The fraction of sp³-hybridized carbons (Fsp3) is 0.211. The first-order valence-electron chi connectivity index (χ1n) is 7.88. The van der Waals surface area contributed by atoms with E-state index in [1.54, 1.807) is 37.3 Å². The van der Waals surface area contributed by atoms with Gasteiger partial charge in [0.05, 0.1) is 28.8 Å². The number of hydrogen-bond donors (Lipinski definition) is 2. The molecule has 8 heteroatoms. The van der Waals surface area contributed by atoms with Crippen molar-refractivity contribution < 1.29 is 9.59 Å². The van der Waals surface area contributed by atoms with Gasteiger partial charge in [-0.25, -0.2) is 0 Å². The second-order valence-corrected chi connectivity index (χ2v) is 8.35. The van der Waals surface area contributed by atoms with Crippen molar-refractivity contribution in [1.29, 1.82) is 5.26 Å². The lowest BCUT2D eigenvalue weighted by Crippen LogP contribution is -2.20. The SMILES string of the molecule is Cc1cc(C#N)ccc1C(=O)Nc1cc(NC(=O)CC(C)(Cl)Cl)ccc1Cl. The Kier molecular flexibility index (Phi) is 6.72. The van der Waals surface area contributed by atoms with E-state index < -0.39 is 4.33 Å². The van der Waals surface area contributed by atoms with Crippen LogP contribution in [0.1, 0.15) is 34.8 Å². The molecule has 0 radical (unpaired) electrons. The number of aryl methyl sites for hydroxylation is 1. The zero-order chi connectivity index (χ0) is 20.2. The number of benzene rings is 2. The molecule has 0 fully saturated rings. The minimum Gasteiger partial charge on any atom is -0.326 e. The molecule has 0 unspecified atom stereocenters. The summed E-state index contributed by atoms with van der Waals surface area (Å²) in [4.78, 5) is 24.5. The van der Waals surface area contributed by atoms with Crippen molar-refractivity contribution in [3.05, 3.63) is 58.1 Å². The summed E-state index contributed by atoms with van der Waals surface area (Å²) in [6, 6.07) is 11.5. The predicted octanol–water partition coefficient (Wildman–Crippen LogP) is 5.29. The molecule has 0 saturated heterocycles. The summed E-state index contributed by atoms with van der Waals surface area (Å²) in [7, 11) is 0. The molecule has 0 atom stereocenters. The zero-order valence-electron chi connectivity index (χ0n) is 14.6. The van der Waals surface area contributed by atoms with Crippen molar-refractivity contribution in [2.45, 2.75) is 24.6 Å². The third-order valence-corrected chi connectivity index (χ3v) is 4.17. The van der Waals surface area contributed by atoms with E-state index in [-0.39, 0.29) is 18.2 Å². The molecule has 2 N–H and O–H groups in total. The number of hydrogen-bond acceptors (Lipinski definition) is 3. The van der Waals surface area contributed by atoms with Gasteiger partial charge in [0.15, 0.2) is 0 Å². The minimum atomic E-state index is -1.18. The summed E-state index contributed by atoms with van der Waals surface area (Å²) in [6.07, 6.45) is -0.0924. The number of alkyl halides is 2. The Bertz CT molecular complexity index is 931.